The van der Waals surface area contributed by atoms with Crippen LogP contribution in [0.5, 0.6) is 5.75 Å². The number of ether oxygens (including phenoxy) is 1. The molecule has 0 aliphatic heterocycles. The number of rotatable bonds is 6. The molecular weight excluding hydrogens is 348 g/mol. The van der Waals surface area contributed by atoms with Crippen molar-refractivity contribution >= 4 is 50.3 Å². The van der Waals surface area contributed by atoms with E-state index < -0.39 is 0 Å². The second-order valence-electron chi connectivity index (χ2n) is 4.54. The Balaban J connectivity index is 1.62. The lowest BCUT2D eigenvalue weighted by Crippen LogP contribution is -2.14. The van der Waals surface area contributed by atoms with Crippen molar-refractivity contribution < 1.29 is 9.53 Å². The Labute approximate surface area is 145 Å². The average Bonchev–Trinajstić information content (AvgIpc) is 2.95. The minimum Gasteiger partial charge on any atom is -0.494 e. The number of nitrogens with one attached hydrogen (secondary N) is 1. The maximum absolute atomic E-state index is 12.0. The van der Waals surface area contributed by atoms with E-state index in [9.17, 15) is 4.79 Å². The molecule has 0 spiro atoms. The molecule has 3 aromatic rings. The number of thiazole rings is 1. The van der Waals surface area contributed by atoms with Gasteiger partial charge in [-0.05, 0) is 25.1 Å². The molecule has 24 heavy (non-hydrogen) atoms. The lowest BCUT2D eigenvalue weighted by atomic mass is 10.3. The van der Waals surface area contributed by atoms with Crippen LogP contribution in [0.25, 0.3) is 10.2 Å². The van der Waals surface area contributed by atoms with Crippen LogP contribution in [0.15, 0.2) is 29.7 Å². The second kappa shape index (κ2) is 7.41. The molecule has 8 nitrogen and oxygen atoms in total. The maximum Gasteiger partial charge on any atom is 0.236 e. The van der Waals surface area contributed by atoms with Crippen LogP contribution < -0.4 is 15.8 Å². The first-order chi connectivity index (χ1) is 11.6. The van der Waals surface area contributed by atoms with E-state index in [4.69, 9.17) is 10.5 Å². The van der Waals surface area contributed by atoms with Gasteiger partial charge in [0.25, 0.3) is 0 Å². The summed E-state index contributed by atoms with van der Waals surface area (Å²) in [6, 6.07) is 5.64. The second-order valence-corrected chi connectivity index (χ2v) is 6.52. The summed E-state index contributed by atoms with van der Waals surface area (Å²) in [6.07, 6.45) is 1.31. The summed E-state index contributed by atoms with van der Waals surface area (Å²) in [4.78, 5) is 28.0. The largest absolute Gasteiger partial charge is 0.494 e. The van der Waals surface area contributed by atoms with Gasteiger partial charge >= 0.3 is 0 Å². The highest BCUT2D eigenvalue weighted by Crippen LogP contribution is 2.29. The van der Waals surface area contributed by atoms with Crippen LogP contribution in [-0.2, 0) is 4.79 Å². The molecule has 0 atom stereocenters. The number of nitrogens with zero attached hydrogens (tertiary/aromatic N) is 4. The van der Waals surface area contributed by atoms with Gasteiger partial charge in [-0.15, -0.1) is 0 Å². The molecule has 124 valence electrons. The number of benzene rings is 1. The minimum absolute atomic E-state index is 0.129. The number of carbonyl (C=O) groups is 1. The number of nitrogens with two attached hydrogens (primary N) is 1. The topological polar surface area (TPSA) is 116 Å². The zero-order valence-corrected chi connectivity index (χ0v) is 14.4. The molecule has 2 aromatic heterocycles. The summed E-state index contributed by atoms with van der Waals surface area (Å²) in [5, 5.41) is 3.72. The third-order valence-electron chi connectivity index (χ3n) is 2.82. The number of nitrogen functional groups attached to an aromatic ring is 1. The predicted octanol–water partition coefficient (Wildman–Crippen LogP) is 2.19. The van der Waals surface area contributed by atoms with E-state index in [0.717, 1.165) is 16.0 Å². The first-order valence-corrected chi connectivity index (χ1v) is 8.85. The Bertz CT molecular complexity index is 869. The molecule has 0 saturated heterocycles. The van der Waals surface area contributed by atoms with E-state index in [1.54, 1.807) is 0 Å². The van der Waals surface area contributed by atoms with Gasteiger partial charge in [0, 0.05) is 0 Å². The first kappa shape index (κ1) is 16.4. The van der Waals surface area contributed by atoms with E-state index >= 15 is 0 Å². The fourth-order valence-corrected chi connectivity index (χ4v) is 3.39. The SMILES string of the molecule is CCOc1ccc2nc(NC(=O)CSc3ncnc(N)n3)sc2c1. The van der Waals surface area contributed by atoms with Gasteiger partial charge in [-0.3, -0.25) is 4.79 Å². The highest BCUT2D eigenvalue weighted by Gasteiger charge is 2.10. The summed E-state index contributed by atoms with van der Waals surface area (Å²) in [5.41, 5.74) is 6.29. The van der Waals surface area contributed by atoms with Crippen molar-refractivity contribution in [2.45, 2.75) is 12.1 Å². The molecule has 0 bridgehead atoms. The van der Waals surface area contributed by atoms with E-state index in [0.29, 0.717) is 16.9 Å². The molecule has 3 N–H and O–H groups in total. The van der Waals surface area contributed by atoms with Gasteiger partial charge < -0.3 is 15.8 Å². The smallest absolute Gasteiger partial charge is 0.236 e. The Hall–Kier alpha value is -2.46. The fourth-order valence-electron chi connectivity index (χ4n) is 1.86. The number of hydrogen-bond donors (Lipinski definition) is 2. The van der Waals surface area contributed by atoms with Crippen molar-refractivity contribution in [1.82, 2.24) is 19.9 Å². The standard InChI is InChI=1S/C14H14N6O2S2/c1-2-22-8-3-4-9-10(5-8)24-14(18-9)19-11(21)6-23-13-17-7-16-12(15)20-13/h3-5,7H,2,6H2,1H3,(H,18,19,21)(H2,15,16,17,20). The van der Waals surface area contributed by atoms with Crippen molar-refractivity contribution in [2.24, 2.45) is 0 Å². The average molecular weight is 362 g/mol. The van der Waals surface area contributed by atoms with Crippen molar-refractivity contribution in [1.29, 1.82) is 0 Å². The van der Waals surface area contributed by atoms with Gasteiger partial charge in [0.05, 0.1) is 22.6 Å². The molecule has 2 heterocycles. The van der Waals surface area contributed by atoms with Crippen LogP contribution in [0.4, 0.5) is 11.1 Å². The number of hydrogen-bond acceptors (Lipinski definition) is 9. The summed E-state index contributed by atoms with van der Waals surface area (Å²) in [7, 11) is 0. The van der Waals surface area contributed by atoms with E-state index in [1.807, 2.05) is 25.1 Å². The predicted molar refractivity (Wildman–Crippen MR) is 94.4 cm³/mol. The summed E-state index contributed by atoms with van der Waals surface area (Å²) < 4.78 is 6.41. The summed E-state index contributed by atoms with van der Waals surface area (Å²) in [6.45, 7) is 2.53. The molecule has 0 aliphatic carbocycles. The molecule has 3 rings (SSSR count). The van der Waals surface area contributed by atoms with Crippen molar-refractivity contribution in [3.8, 4) is 5.75 Å². The van der Waals surface area contributed by atoms with Crippen molar-refractivity contribution in [3.05, 3.63) is 24.5 Å². The van der Waals surface area contributed by atoms with Gasteiger partial charge in [0.15, 0.2) is 10.3 Å². The van der Waals surface area contributed by atoms with Gasteiger partial charge in [0.1, 0.15) is 12.1 Å². The summed E-state index contributed by atoms with van der Waals surface area (Å²) >= 11 is 2.58. The number of fused-ring (bicyclic) bond motifs is 1. The molecule has 0 radical (unpaired) electrons. The number of anilines is 2. The normalized spacial score (nSPS) is 10.7. The molecule has 0 aliphatic rings. The lowest BCUT2D eigenvalue weighted by molar-refractivity contribution is -0.113. The van der Waals surface area contributed by atoms with Crippen LogP contribution in [0, 0.1) is 0 Å². The molecule has 1 aromatic carbocycles. The van der Waals surface area contributed by atoms with Crippen molar-refractivity contribution in [2.75, 3.05) is 23.4 Å². The zero-order valence-electron chi connectivity index (χ0n) is 12.7. The minimum atomic E-state index is -0.192. The molecule has 0 fully saturated rings. The maximum atomic E-state index is 12.0. The molecule has 1 amide bonds. The fraction of sp³-hybridized carbons (Fsp3) is 0.214. The summed E-state index contributed by atoms with van der Waals surface area (Å²) in [5.74, 6) is 0.880. The van der Waals surface area contributed by atoms with Gasteiger partial charge in [-0.1, -0.05) is 23.1 Å². The Kier molecular flexibility index (Phi) is 5.06. The molecular formula is C14H14N6O2S2. The van der Waals surface area contributed by atoms with Crippen molar-refractivity contribution in [3.63, 3.8) is 0 Å². The zero-order chi connectivity index (χ0) is 16.9. The van der Waals surface area contributed by atoms with Crippen LogP contribution in [-0.4, -0.2) is 38.2 Å². The first-order valence-electron chi connectivity index (χ1n) is 7.04. The molecule has 0 saturated carbocycles. The highest BCUT2D eigenvalue weighted by atomic mass is 32.2. The van der Waals surface area contributed by atoms with E-state index in [-0.39, 0.29) is 17.6 Å². The van der Waals surface area contributed by atoms with Gasteiger partial charge in [-0.25, -0.2) is 15.0 Å². The number of aromatic nitrogens is 4. The number of amides is 1. The Morgan fingerprint density at radius 1 is 1.38 bits per heavy atom. The van der Waals surface area contributed by atoms with Crippen LogP contribution >= 0.6 is 23.1 Å². The quantitative estimate of drug-likeness (QED) is 0.641. The number of thioether (sulfide) groups is 1. The van der Waals surface area contributed by atoms with Crippen LogP contribution in [0.2, 0.25) is 0 Å². The molecule has 10 heteroatoms. The Morgan fingerprint density at radius 2 is 2.25 bits per heavy atom. The van der Waals surface area contributed by atoms with E-state index in [2.05, 4.69) is 25.3 Å². The lowest BCUT2D eigenvalue weighted by Gasteiger charge is -2.00. The van der Waals surface area contributed by atoms with Crippen LogP contribution in [0.3, 0.4) is 0 Å². The Morgan fingerprint density at radius 3 is 3.04 bits per heavy atom. The molecule has 0 unspecified atom stereocenters. The third kappa shape index (κ3) is 4.09. The van der Waals surface area contributed by atoms with E-state index in [1.165, 1.54) is 29.4 Å². The third-order valence-corrected chi connectivity index (χ3v) is 4.61. The number of carbonyl (C=O) groups excluding carboxylic acids is 1. The van der Waals surface area contributed by atoms with Crippen LogP contribution in [0.1, 0.15) is 6.92 Å². The van der Waals surface area contributed by atoms with Gasteiger partial charge in [0.2, 0.25) is 11.9 Å². The highest BCUT2D eigenvalue weighted by molar-refractivity contribution is 7.99. The monoisotopic (exact) mass is 362 g/mol. The van der Waals surface area contributed by atoms with Gasteiger partial charge in [-0.2, -0.15) is 4.98 Å².